The molecule has 0 aromatic heterocycles. The molecule has 0 saturated heterocycles. The number of hydrogen-bond donors (Lipinski definition) is 1. The predicted octanol–water partition coefficient (Wildman–Crippen LogP) is 4.84. The first-order valence-electron chi connectivity index (χ1n) is 8.16. The highest BCUT2D eigenvalue weighted by atomic mass is 127. The largest absolute Gasteiger partial charge is 0.325 e. The molecule has 1 N–H and O–H groups in total. The summed E-state index contributed by atoms with van der Waals surface area (Å²) < 4.78 is 1.12. The molecule has 1 amide bonds. The lowest BCUT2D eigenvalue weighted by atomic mass is 9.49. The van der Waals surface area contributed by atoms with Crippen LogP contribution in [0, 0.1) is 26.7 Å². The van der Waals surface area contributed by atoms with Crippen molar-refractivity contribution < 1.29 is 4.79 Å². The third-order valence-corrected chi connectivity index (χ3v) is 6.79. The summed E-state index contributed by atoms with van der Waals surface area (Å²) in [6, 6.07) is 8.04. The van der Waals surface area contributed by atoms with Gasteiger partial charge >= 0.3 is 0 Å². The first kappa shape index (κ1) is 14.0. The SMILES string of the molecule is O=C(CC12CC3CC(CC(C3)C1)C2)Nc1ccccc1I. The summed E-state index contributed by atoms with van der Waals surface area (Å²) in [6.07, 6.45) is 8.97. The zero-order valence-corrected chi connectivity index (χ0v) is 14.4. The van der Waals surface area contributed by atoms with Crippen molar-refractivity contribution >= 4 is 34.2 Å². The van der Waals surface area contributed by atoms with Gasteiger partial charge in [-0.1, -0.05) is 12.1 Å². The molecule has 0 atom stereocenters. The number of para-hydroxylation sites is 1. The minimum Gasteiger partial charge on any atom is -0.325 e. The summed E-state index contributed by atoms with van der Waals surface area (Å²) in [5.41, 5.74) is 1.30. The van der Waals surface area contributed by atoms with Gasteiger partial charge in [-0.3, -0.25) is 4.79 Å². The highest BCUT2D eigenvalue weighted by molar-refractivity contribution is 14.1. The van der Waals surface area contributed by atoms with Crippen LogP contribution in [0.15, 0.2) is 24.3 Å². The van der Waals surface area contributed by atoms with E-state index >= 15 is 0 Å². The van der Waals surface area contributed by atoms with Crippen LogP contribution in [0.4, 0.5) is 5.69 Å². The topological polar surface area (TPSA) is 29.1 Å². The van der Waals surface area contributed by atoms with Crippen molar-refractivity contribution in [2.24, 2.45) is 23.2 Å². The van der Waals surface area contributed by atoms with E-state index in [4.69, 9.17) is 0 Å². The number of carbonyl (C=O) groups is 1. The zero-order valence-electron chi connectivity index (χ0n) is 12.3. The normalized spacial score (nSPS) is 36.7. The molecule has 0 aliphatic heterocycles. The van der Waals surface area contributed by atoms with Crippen LogP contribution in [0.5, 0.6) is 0 Å². The van der Waals surface area contributed by atoms with Crippen molar-refractivity contribution in [2.45, 2.75) is 44.9 Å². The van der Waals surface area contributed by atoms with E-state index in [0.717, 1.165) is 33.4 Å². The van der Waals surface area contributed by atoms with Gasteiger partial charge in [0, 0.05) is 9.99 Å². The maximum absolute atomic E-state index is 12.5. The first-order chi connectivity index (χ1) is 10.1. The molecule has 0 spiro atoms. The molecule has 1 aromatic rings. The third-order valence-electron chi connectivity index (χ3n) is 5.85. The van der Waals surface area contributed by atoms with Crippen LogP contribution in [-0.2, 0) is 4.79 Å². The average Bonchev–Trinajstić information content (AvgIpc) is 2.39. The van der Waals surface area contributed by atoms with Gasteiger partial charge in [-0.15, -0.1) is 0 Å². The molecule has 4 aliphatic rings. The smallest absolute Gasteiger partial charge is 0.224 e. The van der Waals surface area contributed by atoms with Crippen molar-refractivity contribution in [3.63, 3.8) is 0 Å². The number of nitrogens with one attached hydrogen (secondary N) is 1. The van der Waals surface area contributed by atoms with Gasteiger partial charge in [0.25, 0.3) is 0 Å². The minimum absolute atomic E-state index is 0.223. The van der Waals surface area contributed by atoms with Gasteiger partial charge < -0.3 is 5.32 Å². The number of rotatable bonds is 3. The van der Waals surface area contributed by atoms with Crippen LogP contribution in [-0.4, -0.2) is 5.91 Å². The Morgan fingerprint density at radius 1 is 1.10 bits per heavy atom. The van der Waals surface area contributed by atoms with Crippen LogP contribution in [0.1, 0.15) is 44.9 Å². The second-order valence-electron chi connectivity index (χ2n) is 7.62. The lowest BCUT2D eigenvalue weighted by molar-refractivity contribution is -0.124. The molecule has 2 nitrogen and oxygen atoms in total. The standard InChI is InChI=1S/C18H22INO/c19-15-3-1-2-4-16(15)20-17(21)11-18-8-12-5-13(9-18)7-14(6-12)10-18/h1-4,12-14H,5-11H2,(H,20,21). The van der Waals surface area contributed by atoms with Crippen molar-refractivity contribution in [3.8, 4) is 0 Å². The Morgan fingerprint density at radius 3 is 2.24 bits per heavy atom. The summed E-state index contributed by atoms with van der Waals surface area (Å²) >= 11 is 2.29. The van der Waals surface area contributed by atoms with Crippen LogP contribution >= 0.6 is 22.6 Å². The van der Waals surface area contributed by atoms with Gasteiger partial charge in [0.15, 0.2) is 0 Å². The Bertz CT molecular complexity index is 533. The van der Waals surface area contributed by atoms with E-state index in [-0.39, 0.29) is 5.91 Å². The van der Waals surface area contributed by atoms with Crippen LogP contribution in [0.25, 0.3) is 0 Å². The lowest BCUT2D eigenvalue weighted by Gasteiger charge is -2.56. The van der Waals surface area contributed by atoms with Gasteiger partial charge in [0.2, 0.25) is 5.91 Å². The molecule has 4 fully saturated rings. The van der Waals surface area contributed by atoms with E-state index in [1.165, 1.54) is 38.5 Å². The van der Waals surface area contributed by atoms with E-state index < -0.39 is 0 Å². The molecule has 5 rings (SSSR count). The molecule has 4 aliphatic carbocycles. The minimum atomic E-state index is 0.223. The molecule has 0 heterocycles. The van der Waals surface area contributed by atoms with Gasteiger partial charge in [0.05, 0.1) is 5.69 Å². The summed E-state index contributed by atoms with van der Waals surface area (Å²) in [4.78, 5) is 12.5. The molecular weight excluding hydrogens is 373 g/mol. The molecule has 4 bridgehead atoms. The Labute approximate surface area is 140 Å². The van der Waals surface area contributed by atoms with Crippen molar-refractivity contribution in [3.05, 3.63) is 27.8 Å². The number of hydrogen-bond acceptors (Lipinski definition) is 1. The quantitative estimate of drug-likeness (QED) is 0.730. The second-order valence-corrected chi connectivity index (χ2v) is 8.78. The molecule has 4 saturated carbocycles. The molecule has 0 unspecified atom stereocenters. The Kier molecular flexibility index (Phi) is 3.51. The fraction of sp³-hybridized carbons (Fsp3) is 0.611. The molecule has 112 valence electrons. The predicted molar refractivity (Wildman–Crippen MR) is 93.0 cm³/mol. The summed E-state index contributed by atoms with van der Waals surface area (Å²) in [5, 5.41) is 3.14. The Balaban J connectivity index is 1.46. The highest BCUT2D eigenvalue weighted by Gasteiger charge is 2.51. The van der Waals surface area contributed by atoms with Crippen molar-refractivity contribution in [1.82, 2.24) is 0 Å². The number of amides is 1. The maximum atomic E-state index is 12.5. The first-order valence-corrected chi connectivity index (χ1v) is 9.24. The van der Waals surface area contributed by atoms with Crippen molar-refractivity contribution in [2.75, 3.05) is 5.32 Å². The Hall–Kier alpha value is -0.580. The van der Waals surface area contributed by atoms with E-state index in [2.05, 4.69) is 27.9 Å². The van der Waals surface area contributed by atoms with E-state index in [0.29, 0.717) is 5.41 Å². The van der Waals surface area contributed by atoms with E-state index in [1.807, 2.05) is 24.3 Å². The number of benzene rings is 1. The van der Waals surface area contributed by atoms with E-state index in [1.54, 1.807) is 0 Å². The fourth-order valence-electron chi connectivity index (χ4n) is 5.60. The van der Waals surface area contributed by atoms with Crippen LogP contribution < -0.4 is 5.32 Å². The third kappa shape index (κ3) is 2.73. The number of halogens is 1. The fourth-order valence-corrected chi connectivity index (χ4v) is 6.13. The van der Waals surface area contributed by atoms with Gasteiger partial charge in [-0.05, 0) is 96.4 Å². The average molecular weight is 395 g/mol. The zero-order chi connectivity index (χ0) is 14.4. The van der Waals surface area contributed by atoms with Crippen LogP contribution in [0.2, 0.25) is 0 Å². The van der Waals surface area contributed by atoms with Gasteiger partial charge in [-0.2, -0.15) is 0 Å². The summed E-state index contributed by atoms with van der Waals surface area (Å²) in [7, 11) is 0. The van der Waals surface area contributed by atoms with Crippen molar-refractivity contribution in [1.29, 1.82) is 0 Å². The number of anilines is 1. The molecular formula is C18H22INO. The molecule has 3 heteroatoms. The summed E-state index contributed by atoms with van der Waals surface area (Å²) in [5.74, 6) is 2.98. The summed E-state index contributed by atoms with van der Waals surface area (Å²) in [6.45, 7) is 0. The Morgan fingerprint density at radius 2 is 1.67 bits per heavy atom. The molecule has 21 heavy (non-hydrogen) atoms. The molecule has 1 aromatic carbocycles. The second kappa shape index (κ2) is 5.25. The monoisotopic (exact) mass is 395 g/mol. The number of carbonyl (C=O) groups excluding carboxylic acids is 1. The van der Waals surface area contributed by atoms with E-state index in [9.17, 15) is 4.79 Å². The van der Waals surface area contributed by atoms with Gasteiger partial charge in [-0.25, -0.2) is 0 Å². The van der Waals surface area contributed by atoms with Gasteiger partial charge in [0.1, 0.15) is 0 Å². The van der Waals surface area contributed by atoms with Crippen LogP contribution in [0.3, 0.4) is 0 Å². The maximum Gasteiger partial charge on any atom is 0.224 e. The highest BCUT2D eigenvalue weighted by Crippen LogP contribution is 2.61. The molecule has 0 radical (unpaired) electrons. The lowest BCUT2D eigenvalue weighted by Crippen LogP contribution is -2.47.